The van der Waals surface area contributed by atoms with E-state index in [4.69, 9.17) is 4.74 Å². The zero-order valence-electron chi connectivity index (χ0n) is 15.1. The summed E-state index contributed by atoms with van der Waals surface area (Å²) in [4.78, 5) is 0.144. The SMILES string of the molecule is CC[C@@H](NS(=O)(=O)c1cc(Br)ccc1OC)c1ccc2c(c1)CCCC2. The number of methoxy groups -OCH3 is 1. The fraction of sp³-hybridized carbons (Fsp3) is 0.400. The summed E-state index contributed by atoms with van der Waals surface area (Å²) in [5, 5.41) is 0. The van der Waals surface area contributed by atoms with Gasteiger partial charge < -0.3 is 4.74 Å². The Hall–Kier alpha value is -1.37. The molecule has 0 saturated heterocycles. The lowest BCUT2D eigenvalue weighted by Crippen LogP contribution is -2.29. The van der Waals surface area contributed by atoms with Crippen molar-refractivity contribution >= 4 is 26.0 Å². The van der Waals surface area contributed by atoms with E-state index < -0.39 is 10.0 Å². The first-order valence-corrected chi connectivity index (χ1v) is 11.2. The van der Waals surface area contributed by atoms with Crippen molar-refractivity contribution in [2.45, 2.75) is 50.0 Å². The molecule has 0 radical (unpaired) electrons. The Bertz CT molecular complexity index is 896. The van der Waals surface area contributed by atoms with Crippen LogP contribution in [0.2, 0.25) is 0 Å². The summed E-state index contributed by atoms with van der Waals surface area (Å²) in [6, 6.07) is 11.1. The highest BCUT2D eigenvalue weighted by Gasteiger charge is 2.24. The molecule has 1 aliphatic carbocycles. The van der Waals surface area contributed by atoms with E-state index in [9.17, 15) is 8.42 Å². The normalized spacial score (nSPS) is 15.3. The van der Waals surface area contributed by atoms with Crippen LogP contribution in [0.3, 0.4) is 0 Å². The van der Waals surface area contributed by atoms with E-state index in [1.54, 1.807) is 18.2 Å². The van der Waals surface area contributed by atoms with Crippen molar-refractivity contribution in [1.29, 1.82) is 0 Å². The van der Waals surface area contributed by atoms with Gasteiger partial charge in [-0.25, -0.2) is 13.1 Å². The molecule has 2 aromatic rings. The number of benzene rings is 2. The van der Waals surface area contributed by atoms with Gasteiger partial charge in [-0.05, 0) is 67.0 Å². The number of halogens is 1. The second-order valence-electron chi connectivity index (χ2n) is 6.61. The molecule has 0 fully saturated rings. The zero-order chi connectivity index (χ0) is 18.7. The summed E-state index contributed by atoms with van der Waals surface area (Å²) in [7, 11) is -2.24. The number of hydrogen-bond acceptors (Lipinski definition) is 3. The third-order valence-corrected chi connectivity index (χ3v) is 6.88. The predicted octanol–water partition coefficient (Wildman–Crippen LogP) is 4.77. The van der Waals surface area contributed by atoms with E-state index >= 15 is 0 Å². The van der Waals surface area contributed by atoms with Crippen LogP contribution >= 0.6 is 15.9 Å². The van der Waals surface area contributed by atoms with Gasteiger partial charge in [-0.1, -0.05) is 41.1 Å². The second-order valence-corrected chi connectivity index (χ2v) is 9.21. The van der Waals surface area contributed by atoms with Gasteiger partial charge in [-0.15, -0.1) is 0 Å². The maximum atomic E-state index is 13.0. The summed E-state index contributed by atoms with van der Waals surface area (Å²) in [6.45, 7) is 1.99. The molecule has 0 spiro atoms. The van der Waals surface area contributed by atoms with Crippen molar-refractivity contribution in [3.05, 3.63) is 57.6 Å². The molecule has 1 aliphatic rings. The molecule has 26 heavy (non-hydrogen) atoms. The van der Waals surface area contributed by atoms with Gasteiger partial charge in [-0.2, -0.15) is 0 Å². The number of ether oxygens (including phenoxy) is 1. The summed E-state index contributed by atoms with van der Waals surface area (Å²) in [5.41, 5.74) is 3.77. The first-order chi connectivity index (χ1) is 12.4. The van der Waals surface area contributed by atoms with E-state index in [1.165, 1.54) is 31.1 Å². The maximum absolute atomic E-state index is 13.0. The molecule has 0 heterocycles. The standard InChI is InChI=1S/C20H24BrNO3S/c1-3-18(16-9-8-14-6-4-5-7-15(14)12-16)22-26(23,24)20-13-17(21)10-11-19(20)25-2/h8-13,18,22H,3-7H2,1-2H3/t18-/m1/s1. The lowest BCUT2D eigenvalue weighted by Gasteiger charge is -2.22. The Morgan fingerprint density at radius 1 is 1.12 bits per heavy atom. The molecule has 6 heteroatoms. The van der Waals surface area contributed by atoms with Crippen LogP contribution in [0.5, 0.6) is 5.75 Å². The fourth-order valence-electron chi connectivity index (χ4n) is 3.47. The molecule has 0 aliphatic heterocycles. The number of hydrogen-bond donors (Lipinski definition) is 1. The smallest absolute Gasteiger partial charge is 0.244 e. The van der Waals surface area contributed by atoms with Crippen molar-refractivity contribution in [3.8, 4) is 5.75 Å². The molecule has 3 rings (SSSR count). The Kier molecular flexibility index (Phi) is 6.05. The molecular formula is C20H24BrNO3S. The Labute approximate surface area is 164 Å². The van der Waals surface area contributed by atoms with Gasteiger partial charge in [0.25, 0.3) is 0 Å². The minimum Gasteiger partial charge on any atom is -0.495 e. The van der Waals surface area contributed by atoms with Gasteiger partial charge >= 0.3 is 0 Å². The molecular weight excluding hydrogens is 414 g/mol. The molecule has 0 saturated carbocycles. The topological polar surface area (TPSA) is 55.4 Å². The first kappa shape index (κ1) is 19.4. The van der Waals surface area contributed by atoms with Gasteiger partial charge in [0.2, 0.25) is 10.0 Å². The molecule has 0 bridgehead atoms. The number of aryl methyl sites for hydroxylation is 2. The summed E-state index contributed by atoms with van der Waals surface area (Å²) in [6.07, 6.45) is 5.31. The fourth-order valence-corrected chi connectivity index (χ4v) is 5.48. The lowest BCUT2D eigenvalue weighted by molar-refractivity contribution is 0.401. The van der Waals surface area contributed by atoms with E-state index in [-0.39, 0.29) is 10.9 Å². The van der Waals surface area contributed by atoms with E-state index in [2.05, 4.69) is 38.9 Å². The third-order valence-electron chi connectivity index (χ3n) is 4.90. The highest BCUT2D eigenvalue weighted by atomic mass is 79.9. The van der Waals surface area contributed by atoms with Crippen molar-refractivity contribution in [2.75, 3.05) is 7.11 Å². The molecule has 0 aromatic heterocycles. The molecule has 1 atom stereocenters. The molecule has 0 unspecified atom stereocenters. The van der Waals surface area contributed by atoms with Crippen LogP contribution < -0.4 is 9.46 Å². The number of fused-ring (bicyclic) bond motifs is 1. The van der Waals surface area contributed by atoms with Crippen molar-refractivity contribution in [1.82, 2.24) is 4.72 Å². The molecule has 2 aromatic carbocycles. The zero-order valence-corrected chi connectivity index (χ0v) is 17.5. The lowest BCUT2D eigenvalue weighted by atomic mass is 9.89. The van der Waals surface area contributed by atoms with Gasteiger partial charge in [-0.3, -0.25) is 0 Å². The highest BCUT2D eigenvalue weighted by molar-refractivity contribution is 9.10. The minimum absolute atomic E-state index is 0.144. The molecule has 0 amide bonds. The Morgan fingerprint density at radius 2 is 1.85 bits per heavy atom. The van der Waals surface area contributed by atoms with Crippen LogP contribution in [-0.2, 0) is 22.9 Å². The average Bonchev–Trinajstić information content (AvgIpc) is 2.65. The van der Waals surface area contributed by atoms with E-state index in [0.29, 0.717) is 16.6 Å². The second kappa shape index (κ2) is 8.11. The van der Waals surface area contributed by atoms with Gasteiger partial charge in [0, 0.05) is 10.5 Å². The quantitative estimate of drug-likeness (QED) is 0.707. The molecule has 4 nitrogen and oxygen atoms in total. The third kappa shape index (κ3) is 4.13. The van der Waals surface area contributed by atoms with E-state index in [1.807, 2.05) is 6.92 Å². The van der Waals surface area contributed by atoms with Gasteiger partial charge in [0.1, 0.15) is 10.6 Å². The van der Waals surface area contributed by atoms with Crippen molar-refractivity contribution < 1.29 is 13.2 Å². The summed E-state index contributed by atoms with van der Waals surface area (Å²) in [5.74, 6) is 0.334. The van der Waals surface area contributed by atoms with Crippen molar-refractivity contribution in [2.24, 2.45) is 0 Å². The predicted molar refractivity (Wildman–Crippen MR) is 107 cm³/mol. The van der Waals surface area contributed by atoms with Crippen LogP contribution in [0.4, 0.5) is 0 Å². The average molecular weight is 438 g/mol. The number of sulfonamides is 1. The minimum atomic E-state index is -3.71. The highest BCUT2D eigenvalue weighted by Crippen LogP contribution is 2.30. The molecule has 140 valence electrons. The van der Waals surface area contributed by atoms with E-state index in [0.717, 1.165) is 18.4 Å². The van der Waals surface area contributed by atoms with Crippen LogP contribution in [-0.4, -0.2) is 15.5 Å². The van der Waals surface area contributed by atoms with Gasteiger partial charge in [0.05, 0.1) is 7.11 Å². The van der Waals surface area contributed by atoms with Crippen LogP contribution in [0.25, 0.3) is 0 Å². The number of rotatable bonds is 6. The van der Waals surface area contributed by atoms with Crippen LogP contribution in [0, 0.1) is 0 Å². The van der Waals surface area contributed by atoms with Crippen molar-refractivity contribution in [3.63, 3.8) is 0 Å². The largest absolute Gasteiger partial charge is 0.495 e. The maximum Gasteiger partial charge on any atom is 0.244 e. The monoisotopic (exact) mass is 437 g/mol. The summed E-state index contributed by atoms with van der Waals surface area (Å²) >= 11 is 3.34. The van der Waals surface area contributed by atoms with Crippen LogP contribution in [0.1, 0.15) is 48.9 Å². The number of nitrogens with one attached hydrogen (secondary N) is 1. The summed E-state index contributed by atoms with van der Waals surface area (Å²) < 4.78 is 34.8. The molecule has 1 N–H and O–H groups in total. The first-order valence-electron chi connectivity index (χ1n) is 8.92. The Balaban J connectivity index is 1.91. The van der Waals surface area contributed by atoms with Gasteiger partial charge in [0.15, 0.2) is 0 Å². The van der Waals surface area contributed by atoms with Crippen LogP contribution in [0.15, 0.2) is 45.8 Å². The Morgan fingerprint density at radius 3 is 2.54 bits per heavy atom.